The van der Waals surface area contributed by atoms with E-state index in [2.05, 4.69) is 13.8 Å². The number of esters is 1. The predicted octanol–water partition coefficient (Wildman–Crippen LogP) is 4.63. The van der Waals surface area contributed by atoms with Crippen molar-refractivity contribution in [3.05, 3.63) is 94.6 Å². The molecule has 0 radical (unpaired) electrons. The molecule has 0 spiro atoms. The Bertz CT molecular complexity index is 1740. The van der Waals surface area contributed by atoms with Crippen molar-refractivity contribution in [1.29, 1.82) is 0 Å². The van der Waals surface area contributed by atoms with E-state index in [1.807, 2.05) is 75.7 Å². The molecule has 2 aromatic carbocycles. The Hall–Kier alpha value is -3.47. The average molecular weight is 685 g/mol. The van der Waals surface area contributed by atoms with Gasteiger partial charge in [0.05, 0.1) is 40.0 Å². The highest BCUT2D eigenvalue weighted by Gasteiger charge is 2.76. The maximum atomic E-state index is 14.7. The number of ether oxygens (including phenoxy) is 3. The van der Waals surface area contributed by atoms with Crippen LogP contribution in [0.5, 0.6) is 0 Å². The van der Waals surface area contributed by atoms with Gasteiger partial charge < -0.3 is 28.9 Å². The SMILES string of the molecule is C[C@]12C=CC(=O)C=C1CC[C@@H]1[C@@H]2[C@@H](O)C[C@@]2(C)[C@H]1C[C@H]1O[C@@H](c3cccc(Cc4ccc(CO)cc4)c3)O[C@]12C(=O)COC(=O)C[N+](C)(C)C. The minimum atomic E-state index is -1.43. The topological polar surface area (TPSA) is 119 Å². The first-order valence-electron chi connectivity index (χ1n) is 17.9. The number of aliphatic hydroxyl groups excluding tert-OH is 2. The van der Waals surface area contributed by atoms with E-state index >= 15 is 0 Å². The second-order valence-corrected chi connectivity index (χ2v) is 16.7. The Morgan fingerprint density at radius 2 is 1.78 bits per heavy atom. The van der Waals surface area contributed by atoms with Crippen LogP contribution in [-0.2, 0) is 41.6 Å². The number of hydrogen-bond donors (Lipinski definition) is 2. The van der Waals surface area contributed by atoms with Crippen LogP contribution in [-0.4, -0.2) is 84.3 Å². The van der Waals surface area contributed by atoms with Crippen LogP contribution >= 0.6 is 0 Å². The first-order valence-corrected chi connectivity index (χ1v) is 17.9. The number of carbonyl (C=O) groups is 3. The van der Waals surface area contributed by atoms with Crippen LogP contribution in [0.1, 0.15) is 68.1 Å². The van der Waals surface area contributed by atoms with Gasteiger partial charge >= 0.3 is 5.97 Å². The number of allylic oxidation sites excluding steroid dienone is 4. The molecule has 1 aliphatic heterocycles. The lowest BCUT2D eigenvalue weighted by atomic mass is 9.46. The third-order valence-electron chi connectivity index (χ3n) is 12.5. The van der Waals surface area contributed by atoms with E-state index in [4.69, 9.17) is 14.2 Å². The molecule has 0 aromatic heterocycles. The number of likely N-dealkylation sites (N-methyl/N-ethyl adjacent to an activating group) is 1. The summed E-state index contributed by atoms with van der Waals surface area (Å²) in [6, 6.07) is 15.8. The highest BCUT2D eigenvalue weighted by atomic mass is 16.7. The summed E-state index contributed by atoms with van der Waals surface area (Å²) in [6.07, 6.45) is 6.30. The number of Topliss-reactive ketones (excluding diaryl/α,β-unsaturated/α-hetero) is 1. The minimum absolute atomic E-state index is 0.00353. The Kier molecular flexibility index (Phi) is 8.83. The van der Waals surface area contributed by atoms with Gasteiger partial charge in [-0.05, 0) is 72.8 Å². The van der Waals surface area contributed by atoms with Crippen molar-refractivity contribution >= 4 is 17.5 Å². The van der Waals surface area contributed by atoms with Gasteiger partial charge in [0.1, 0.15) is 0 Å². The lowest BCUT2D eigenvalue weighted by molar-refractivity contribution is -0.862. The first kappa shape index (κ1) is 35.0. The van der Waals surface area contributed by atoms with Crippen LogP contribution in [0, 0.1) is 28.6 Å². The van der Waals surface area contributed by atoms with Gasteiger partial charge in [0.15, 0.2) is 30.8 Å². The maximum absolute atomic E-state index is 14.7. The molecule has 2 N–H and O–H groups in total. The van der Waals surface area contributed by atoms with E-state index in [0.29, 0.717) is 23.7 Å². The fourth-order valence-electron chi connectivity index (χ4n) is 10.3. The fraction of sp³-hybridized carbons (Fsp3) is 0.537. The summed E-state index contributed by atoms with van der Waals surface area (Å²) >= 11 is 0. The maximum Gasteiger partial charge on any atom is 0.362 e. The van der Waals surface area contributed by atoms with Crippen molar-refractivity contribution in [1.82, 2.24) is 0 Å². The molecule has 1 heterocycles. The van der Waals surface area contributed by atoms with Gasteiger partial charge in [0, 0.05) is 22.3 Å². The van der Waals surface area contributed by atoms with E-state index in [0.717, 1.165) is 40.7 Å². The molecule has 0 unspecified atom stereocenters. The lowest BCUT2D eigenvalue weighted by Gasteiger charge is -2.59. The number of fused-ring (bicyclic) bond motifs is 7. The number of hydrogen-bond acceptors (Lipinski definition) is 8. The van der Waals surface area contributed by atoms with Gasteiger partial charge in [0.2, 0.25) is 5.78 Å². The Balaban J connectivity index is 1.20. The molecule has 9 heteroatoms. The van der Waals surface area contributed by atoms with Gasteiger partial charge in [-0.15, -0.1) is 0 Å². The molecule has 0 bridgehead atoms. The summed E-state index contributed by atoms with van der Waals surface area (Å²) in [4.78, 5) is 39.8. The molecule has 4 aliphatic carbocycles. The summed E-state index contributed by atoms with van der Waals surface area (Å²) < 4.78 is 19.7. The molecule has 4 fully saturated rings. The summed E-state index contributed by atoms with van der Waals surface area (Å²) in [5, 5.41) is 21.5. The van der Waals surface area contributed by atoms with Gasteiger partial charge in [-0.3, -0.25) is 9.59 Å². The first-order chi connectivity index (χ1) is 23.7. The number of nitrogens with zero attached hydrogens (tertiary/aromatic N) is 1. The van der Waals surface area contributed by atoms with Crippen molar-refractivity contribution in [3.63, 3.8) is 0 Å². The minimum Gasteiger partial charge on any atom is -0.453 e. The molecule has 9 nitrogen and oxygen atoms in total. The summed E-state index contributed by atoms with van der Waals surface area (Å²) in [5.41, 5.74) is 2.20. The molecule has 9 atom stereocenters. The Morgan fingerprint density at radius 1 is 1.04 bits per heavy atom. The molecular formula is C41H50NO8+. The molecule has 1 saturated heterocycles. The van der Waals surface area contributed by atoms with E-state index < -0.39 is 47.5 Å². The van der Waals surface area contributed by atoms with Gasteiger partial charge in [0.25, 0.3) is 0 Å². The quantitative estimate of drug-likeness (QED) is 0.290. The van der Waals surface area contributed by atoms with E-state index in [1.54, 1.807) is 12.2 Å². The highest BCUT2D eigenvalue weighted by molar-refractivity contribution is 6.01. The van der Waals surface area contributed by atoms with E-state index in [9.17, 15) is 24.6 Å². The van der Waals surface area contributed by atoms with Crippen LogP contribution in [0.2, 0.25) is 0 Å². The highest BCUT2D eigenvalue weighted by Crippen LogP contribution is 2.70. The summed E-state index contributed by atoms with van der Waals surface area (Å²) in [7, 11) is 5.67. The zero-order chi connectivity index (χ0) is 35.6. The van der Waals surface area contributed by atoms with Crippen molar-refractivity contribution in [2.75, 3.05) is 34.3 Å². The molecule has 50 heavy (non-hydrogen) atoms. The largest absolute Gasteiger partial charge is 0.453 e. The van der Waals surface area contributed by atoms with Gasteiger partial charge in [-0.1, -0.05) is 74.0 Å². The number of ketones is 2. The second kappa shape index (κ2) is 12.6. The third kappa shape index (κ3) is 5.81. The monoisotopic (exact) mass is 684 g/mol. The average Bonchev–Trinajstić information content (AvgIpc) is 3.56. The zero-order valence-electron chi connectivity index (χ0n) is 29.8. The molecule has 7 rings (SSSR count). The van der Waals surface area contributed by atoms with Crippen molar-refractivity contribution in [2.45, 2.75) is 76.7 Å². The number of rotatable bonds is 9. The van der Waals surface area contributed by atoms with Gasteiger partial charge in [-0.2, -0.15) is 0 Å². The molecule has 266 valence electrons. The smallest absolute Gasteiger partial charge is 0.362 e. The van der Waals surface area contributed by atoms with Crippen LogP contribution in [0.4, 0.5) is 0 Å². The van der Waals surface area contributed by atoms with Crippen LogP contribution in [0.15, 0.2) is 72.3 Å². The molecular weight excluding hydrogens is 634 g/mol. The zero-order valence-corrected chi connectivity index (χ0v) is 29.8. The Morgan fingerprint density at radius 3 is 2.50 bits per heavy atom. The normalized spacial score (nSPS) is 35.8. The lowest BCUT2D eigenvalue weighted by Crippen LogP contribution is -2.63. The van der Waals surface area contributed by atoms with E-state index in [-0.39, 0.29) is 42.5 Å². The van der Waals surface area contributed by atoms with Crippen molar-refractivity contribution in [3.8, 4) is 0 Å². The number of carbonyl (C=O) groups excluding carboxylic acids is 3. The van der Waals surface area contributed by atoms with Crippen molar-refractivity contribution < 1.29 is 43.3 Å². The van der Waals surface area contributed by atoms with Crippen LogP contribution in [0.3, 0.4) is 0 Å². The Labute approximate surface area is 294 Å². The second-order valence-electron chi connectivity index (χ2n) is 16.7. The molecule has 2 aromatic rings. The number of benzene rings is 2. The van der Waals surface area contributed by atoms with Gasteiger partial charge in [-0.25, -0.2) is 4.79 Å². The van der Waals surface area contributed by atoms with E-state index in [1.165, 1.54) is 0 Å². The summed E-state index contributed by atoms with van der Waals surface area (Å²) in [6.45, 7) is 3.88. The molecule has 3 saturated carbocycles. The summed E-state index contributed by atoms with van der Waals surface area (Å²) in [5.74, 6) is -0.840. The number of quaternary nitrogens is 1. The van der Waals surface area contributed by atoms with Crippen LogP contribution < -0.4 is 0 Å². The van der Waals surface area contributed by atoms with Crippen LogP contribution in [0.25, 0.3) is 0 Å². The third-order valence-corrected chi connectivity index (χ3v) is 12.5. The fourth-order valence-corrected chi connectivity index (χ4v) is 10.3. The molecule has 0 amide bonds. The predicted molar refractivity (Wildman–Crippen MR) is 185 cm³/mol. The van der Waals surface area contributed by atoms with Crippen molar-refractivity contribution in [2.24, 2.45) is 28.6 Å². The number of aliphatic hydroxyl groups is 2. The standard InChI is InChI=1S/C41H50NO8/c1-39-16-15-30(44)19-29(39)13-14-31-32-20-35-41(40(32,2)21-33(45)37(31)39,34(46)24-48-36(47)22-42(3,4)5)50-38(49-35)28-8-6-7-27(18-28)17-25-9-11-26(23-43)12-10-25/h6-12,15-16,18-19,31-33,35,37-38,43,45H,13-14,17,20-24H2,1-5H3/q+1/t31-,32-,33-,35+,37+,38+,39-,40-,41+/m0/s1. The molecule has 5 aliphatic rings.